The minimum absolute atomic E-state index is 0.383. The van der Waals surface area contributed by atoms with Gasteiger partial charge in [0.25, 0.3) is 5.91 Å². The molecule has 0 unspecified atom stereocenters. The third-order valence-electron chi connectivity index (χ3n) is 6.18. The molecule has 0 aliphatic carbocycles. The molecular weight excluding hydrogens is 396 g/mol. The maximum absolute atomic E-state index is 12.1. The molecule has 0 saturated carbocycles. The van der Waals surface area contributed by atoms with Crippen LogP contribution in [0.1, 0.15) is 21.5 Å². The number of amides is 1. The number of carbonyl (C=O) groups is 1. The molecule has 1 saturated heterocycles. The summed E-state index contributed by atoms with van der Waals surface area (Å²) < 4.78 is 0. The first-order valence-electron chi connectivity index (χ1n) is 11.3. The highest BCUT2D eigenvalue weighted by Crippen LogP contribution is 2.23. The fourth-order valence-corrected chi connectivity index (χ4v) is 4.29. The van der Waals surface area contributed by atoms with E-state index in [1.54, 1.807) is 0 Å². The van der Waals surface area contributed by atoms with E-state index >= 15 is 0 Å². The van der Waals surface area contributed by atoms with Gasteiger partial charge >= 0.3 is 0 Å². The molecule has 1 amide bonds. The lowest BCUT2D eigenvalue weighted by Gasteiger charge is -2.37. The van der Waals surface area contributed by atoms with Crippen molar-refractivity contribution in [2.24, 2.45) is 5.73 Å². The largest absolute Gasteiger partial charge is 0.369 e. The summed E-state index contributed by atoms with van der Waals surface area (Å²) in [6.45, 7) is 8.74. The number of hydrogen-bond donors (Lipinski definition) is 1. The van der Waals surface area contributed by atoms with Gasteiger partial charge in [-0.25, -0.2) is 0 Å². The molecule has 2 N–H and O–H groups in total. The van der Waals surface area contributed by atoms with Crippen LogP contribution in [0.25, 0.3) is 0 Å². The van der Waals surface area contributed by atoms with Crippen molar-refractivity contribution in [3.05, 3.63) is 95.6 Å². The van der Waals surface area contributed by atoms with Gasteiger partial charge in [0.15, 0.2) is 0 Å². The SMILES string of the molecule is Cc1ccc(CN(CCN2CCN(c3ccccc3)CC2)c2ccccc2C(N)=O)cc1. The fourth-order valence-electron chi connectivity index (χ4n) is 4.29. The van der Waals surface area contributed by atoms with Gasteiger partial charge in [-0.2, -0.15) is 0 Å². The van der Waals surface area contributed by atoms with E-state index in [0.717, 1.165) is 51.5 Å². The van der Waals surface area contributed by atoms with E-state index in [0.29, 0.717) is 5.56 Å². The zero-order valence-electron chi connectivity index (χ0n) is 18.8. The number of para-hydroxylation sites is 2. The Morgan fingerprint density at radius 2 is 1.53 bits per heavy atom. The number of rotatable bonds is 8. The second-order valence-electron chi connectivity index (χ2n) is 8.45. The molecule has 3 aromatic rings. The molecule has 3 aromatic carbocycles. The molecule has 1 heterocycles. The number of piperazine rings is 1. The lowest BCUT2D eigenvalue weighted by molar-refractivity contribution is 0.100. The van der Waals surface area contributed by atoms with Crippen LogP contribution in [0.5, 0.6) is 0 Å². The Hall–Kier alpha value is -3.31. The monoisotopic (exact) mass is 428 g/mol. The third kappa shape index (κ3) is 5.48. The Morgan fingerprint density at radius 1 is 0.875 bits per heavy atom. The lowest BCUT2D eigenvalue weighted by atomic mass is 10.1. The number of hydrogen-bond acceptors (Lipinski definition) is 4. The van der Waals surface area contributed by atoms with E-state index < -0.39 is 0 Å². The standard InChI is InChI=1S/C27H32N4O/c1-22-11-13-23(14-12-22)21-31(26-10-6-5-9-25(26)27(28)32)20-17-29-15-18-30(19-16-29)24-7-3-2-4-8-24/h2-14H,15-21H2,1H3,(H2,28,32). The summed E-state index contributed by atoms with van der Waals surface area (Å²) in [4.78, 5) is 19.3. The summed E-state index contributed by atoms with van der Waals surface area (Å²) in [5.41, 5.74) is 10.9. The van der Waals surface area contributed by atoms with Crippen molar-refractivity contribution in [1.29, 1.82) is 0 Å². The van der Waals surface area contributed by atoms with Crippen molar-refractivity contribution in [2.75, 3.05) is 49.1 Å². The molecule has 0 aromatic heterocycles. The predicted octanol–water partition coefficient (Wildman–Crippen LogP) is 3.92. The molecule has 0 spiro atoms. The van der Waals surface area contributed by atoms with Crippen LogP contribution in [-0.2, 0) is 6.54 Å². The van der Waals surface area contributed by atoms with Crippen molar-refractivity contribution >= 4 is 17.3 Å². The Labute approximate surface area is 191 Å². The summed E-state index contributed by atoms with van der Waals surface area (Å²) in [5.74, 6) is -0.383. The van der Waals surface area contributed by atoms with Crippen LogP contribution in [0.3, 0.4) is 0 Å². The van der Waals surface area contributed by atoms with E-state index in [-0.39, 0.29) is 5.91 Å². The molecule has 5 nitrogen and oxygen atoms in total. The Kier molecular flexibility index (Phi) is 7.07. The van der Waals surface area contributed by atoms with Crippen molar-refractivity contribution in [3.8, 4) is 0 Å². The highest BCUT2D eigenvalue weighted by Gasteiger charge is 2.20. The minimum Gasteiger partial charge on any atom is -0.369 e. The molecule has 1 aliphatic rings. The first-order chi connectivity index (χ1) is 15.6. The van der Waals surface area contributed by atoms with Crippen LogP contribution >= 0.6 is 0 Å². The number of primary amides is 1. The van der Waals surface area contributed by atoms with E-state index in [4.69, 9.17) is 5.73 Å². The number of nitrogens with zero attached hydrogens (tertiary/aromatic N) is 3. The van der Waals surface area contributed by atoms with Gasteiger partial charge in [0, 0.05) is 57.2 Å². The average Bonchev–Trinajstić information content (AvgIpc) is 2.84. The first kappa shape index (κ1) is 21.9. The number of anilines is 2. The second-order valence-corrected chi connectivity index (χ2v) is 8.45. The van der Waals surface area contributed by atoms with E-state index in [1.807, 2.05) is 24.3 Å². The van der Waals surface area contributed by atoms with Crippen LogP contribution in [0.4, 0.5) is 11.4 Å². The Bertz CT molecular complexity index is 1010. The minimum atomic E-state index is -0.383. The summed E-state index contributed by atoms with van der Waals surface area (Å²) in [6, 6.07) is 26.9. The van der Waals surface area contributed by atoms with Crippen LogP contribution in [0.15, 0.2) is 78.9 Å². The molecule has 0 radical (unpaired) electrons. The number of benzene rings is 3. The molecule has 1 aliphatic heterocycles. The molecule has 1 fully saturated rings. The van der Waals surface area contributed by atoms with Crippen LogP contribution in [0, 0.1) is 6.92 Å². The zero-order valence-corrected chi connectivity index (χ0v) is 18.8. The summed E-state index contributed by atoms with van der Waals surface area (Å²) in [5, 5.41) is 0. The van der Waals surface area contributed by atoms with Gasteiger partial charge in [0.1, 0.15) is 0 Å². The van der Waals surface area contributed by atoms with Crippen molar-refractivity contribution in [3.63, 3.8) is 0 Å². The summed E-state index contributed by atoms with van der Waals surface area (Å²) in [6.07, 6.45) is 0. The van der Waals surface area contributed by atoms with Gasteiger partial charge in [-0.15, -0.1) is 0 Å². The molecule has 5 heteroatoms. The van der Waals surface area contributed by atoms with Crippen molar-refractivity contribution in [1.82, 2.24) is 4.90 Å². The second kappa shape index (κ2) is 10.3. The normalized spacial score (nSPS) is 14.3. The number of carbonyl (C=O) groups excluding carboxylic acids is 1. The maximum atomic E-state index is 12.1. The number of aryl methyl sites for hydroxylation is 1. The smallest absolute Gasteiger partial charge is 0.250 e. The summed E-state index contributed by atoms with van der Waals surface area (Å²) in [7, 11) is 0. The van der Waals surface area contributed by atoms with E-state index in [2.05, 4.69) is 76.2 Å². The molecule has 0 bridgehead atoms. The molecular formula is C27H32N4O. The Morgan fingerprint density at radius 3 is 2.22 bits per heavy atom. The van der Waals surface area contributed by atoms with Gasteiger partial charge in [-0.1, -0.05) is 60.2 Å². The van der Waals surface area contributed by atoms with Gasteiger partial charge < -0.3 is 15.5 Å². The van der Waals surface area contributed by atoms with Crippen molar-refractivity contribution < 1.29 is 4.79 Å². The maximum Gasteiger partial charge on any atom is 0.250 e. The van der Waals surface area contributed by atoms with Gasteiger partial charge in [-0.05, 0) is 36.8 Å². The number of nitrogens with two attached hydrogens (primary N) is 1. The Balaban J connectivity index is 1.44. The average molecular weight is 429 g/mol. The van der Waals surface area contributed by atoms with Gasteiger partial charge in [0.05, 0.1) is 5.56 Å². The highest BCUT2D eigenvalue weighted by molar-refractivity contribution is 5.98. The van der Waals surface area contributed by atoms with Crippen LogP contribution in [-0.4, -0.2) is 50.1 Å². The summed E-state index contributed by atoms with van der Waals surface area (Å²) >= 11 is 0. The van der Waals surface area contributed by atoms with Crippen LogP contribution in [0.2, 0.25) is 0 Å². The lowest BCUT2D eigenvalue weighted by Crippen LogP contribution is -2.48. The quantitative estimate of drug-likeness (QED) is 0.591. The van der Waals surface area contributed by atoms with E-state index in [9.17, 15) is 4.79 Å². The highest BCUT2D eigenvalue weighted by atomic mass is 16.1. The molecule has 166 valence electrons. The fraction of sp³-hybridized carbons (Fsp3) is 0.296. The zero-order chi connectivity index (χ0) is 22.3. The topological polar surface area (TPSA) is 52.8 Å². The molecule has 4 rings (SSSR count). The predicted molar refractivity (Wildman–Crippen MR) is 132 cm³/mol. The van der Waals surface area contributed by atoms with E-state index in [1.165, 1.54) is 16.8 Å². The van der Waals surface area contributed by atoms with Crippen molar-refractivity contribution in [2.45, 2.75) is 13.5 Å². The third-order valence-corrected chi connectivity index (χ3v) is 6.18. The first-order valence-corrected chi connectivity index (χ1v) is 11.3. The van der Waals surface area contributed by atoms with Crippen LogP contribution < -0.4 is 15.5 Å². The van der Waals surface area contributed by atoms with Gasteiger partial charge in [-0.3, -0.25) is 9.69 Å². The molecule has 32 heavy (non-hydrogen) atoms. The molecule has 0 atom stereocenters. The van der Waals surface area contributed by atoms with Gasteiger partial charge in [0.2, 0.25) is 0 Å².